The van der Waals surface area contributed by atoms with E-state index in [0.717, 1.165) is 5.56 Å². The number of aromatic nitrogens is 1. The highest BCUT2D eigenvalue weighted by Gasteiger charge is 2.14. The molecule has 0 bridgehead atoms. The number of aromatic amines is 1. The zero-order chi connectivity index (χ0) is 15.8. The molecule has 0 radical (unpaired) electrons. The van der Waals surface area contributed by atoms with Crippen LogP contribution in [-0.2, 0) is 6.54 Å². The lowest BCUT2D eigenvalue weighted by Crippen LogP contribution is -2.23. The van der Waals surface area contributed by atoms with E-state index in [1.54, 1.807) is 18.2 Å². The van der Waals surface area contributed by atoms with Crippen molar-refractivity contribution in [1.82, 2.24) is 10.3 Å². The predicted molar refractivity (Wildman–Crippen MR) is 82.0 cm³/mol. The number of nitrogens with one attached hydrogen (secondary N) is 2. The maximum Gasteiger partial charge on any atom is 0.267 e. The van der Waals surface area contributed by atoms with Gasteiger partial charge in [-0.3, -0.25) is 4.79 Å². The van der Waals surface area contributed by atoms with Crippen LogP contribution < -0.4 is 14.8 Å². The van der Waals surface area contributed by atoms with Crippen molar-refractivity contribution in [1.29, 1.82) is 0 Å². The van der Waals surface area contributed by atoms with Crippen molar-refractivity contribution in [2.45, 2.75) is 6.54 Å². The molecule has 0 saturated carbocycles. The number of carbonyl (C=O) groups is 1. The highest BCUT2D eigenvalue weighted by molar-refractivity contribution is 5.98. The summed E-state index contributed by atoms with van der Waals surface area (Å²) in [7, 11) is 0. The molecule has 3 aromatic rings. The number of benzene rings is 2. The van der Waals surface area contributed by atoms with Gasteiger partial charge in [0, 0.05) is 11.9 Å². The first kappa shape index (κ1) is 13.6. The Kier molecular flexibility index (Phi) is 3.15. The van der Waals surface area contributed by atoms with Crippen LogP contribution in [0.2, 0.25) is 0 Å². The molecule has 5 nitrogen and oxygen atoms in total. The monoisotopic (exact) mass is 312 g/mol. The molecule has 0 saturated heterocycles. The van der Waals surface area contributed by atoms with Gasteiger partial charge in [-0.2, -0.15) is 0 Å². The van der Waals surface area contributed by atoms with Crippen molar-refractivity contribution in [3.63, 3.8) is 0 Å². The van der Waals surface area contributed by atoms with Gasteiger partial charge in [0.1, 0.15) is 11.5 Å². The molecule has 116 valence electrons. The molecule has 1 aliphatic heterocycles. The number of para-hydroxylation sites is 1. The van der Waals surface area contributed by atoms with Crippen LogP contribution in [0.4, 0.5) is 4.39 Å². The van der Waals surface area contributed by atoms with E-state index in [9.17, 15) is 9.18 Å². The Balaban J connectivity index is 1.50. The molecular weight excluding hydrogens is 299 g/mol. The van der Waals surface area contributed by atoms with Gasteiger partial charge in [-0.1, -0.05) is 18.2 Å². The zero-order valence-corrected chi connectivity index (χ0v) is 12.1. The van der Waals surface area contributed by atoms with Crippen molar-refractivity contribution in [3.05, 3.63) is 59.5 Å². The van der Waals surface area contributed by atoms with Crippen LogP contribution in [0.25, 0.3) is 10.9 Å². The molecule has 2 heterocycles. The second kappa shape index (κ2) is 5.31. The fourth-order valence-electron chi connectivity index (χ4n) is 2.57. The van der Waals surface area contributed by atoms with Gasteiger partial charge in [0.25, 0.3) is 5.91 Å². The van der Waals surface area contributed by atoms with Gasteiger partial charge in [0.05, 0.1) is 5.52 Å². The molecule has 0 unspecified atom stereocenters. The Morgan fingerprint density at radius 2 is 2.04 bits per heavy atom. The third kappa shape index (κ3) is 2.48. The van der Waals surface area contributed by atoms with E-state index in [4.69, 9.17) is 9.47 Å². The summed E-state index contributed by atoms with van der Waals surface area (Å²) >= 11 is 0. The van der Waals surface area contributed by atoms with Gasteiger partial charge in [-0.25, -0.2) is 4.39 Å². The number of rotatable bonds is 3. The minimum atomic E-state index is -0.377. The number of fused-ring (bicyclic) bond motifs is 2. The third-order valence-electron chi connectivity index (χ3n) is 3.74. The molecule has 0 aliphatic carbocycles. The van der Waals surface area contributed by atoms with E-state index in [2.05, 4.69) is 10.3 Å². The molecule has 0 fully saturated rings. The predicted octanol–water partition coefficient (Wildman–Crippen LogP) is 2.97. The lowest BCUT2D eigenvalue weighted by molar-refractivity contribution is 0.0946. The highest BCUT2D eigenvalue weighted by atomic mass is 19.1. The molecule has 2 N–H and O–H groups in total. The van der Waals surface area contributed by atoms with E-state index < -0.39 is 0 Å². The average molecular weight is 312 g/mol. The summed E-state index contributed by atoms with van der Waals surface area (Å²) in [6.07, 6.45) is 0. The van der Waals surface area contributed by atoms with E-state index in [-0.39, 0.29) is 18.5 Å². The molecule has 1 aliphatic rings. The first-order chi connectivity index (χ1) is 11.2. The molecule has 23 heavy (non-hydrogen) atoms. The largest absolute Gasteiger partial charge is 0.454 e. The molecular formula is C17H13FN2O3. The van der Waals surface area contributed by atoms with E-state index in [0.29, 0.717) is 34.6 Å². The Labute approximate surface area is 131 Å². The summed E-state index contributed by atoms with van der Waals surface area (Å²) in [5.74, 6) is 0.700. The number of amides is 1. The standard InChI is InChI=1S/C17H13FN2O3/c18-12-3-1-2-11-7-13(20-16(11)12)17(21)19-8-10-4-5-14-15(6-10)23-9-22-14/h1-7,20H,8-9H2,(H,19,21). The minimum absolute atomic E-state index is 0.214. The highest BCUT2D eigenvalue weighted by Crippen LogP contribution is 2.32. The van der Waals surface area contributed by atoms with Crippen molar-refractivity contribution < 1.29 is 18.7 Å². The normalized spacial score (nSPS) is 12.6. The number of hydrogen-bond donors (Lipinski definition) is 2. The summed E-state index contributed by atoms with van der Waals surface area (Å²) in [5, 5.41) is 3.46. The quantitative estimate of drug-likeness (QED) is 0.781. The van der Waals surface area contributed by atoms with Gasteiger partial charge >= 0.3 is 0 Å². The van der Waals surface area contributed by atoms with Crippen molar-refractivity contribution in [2.75, 3.05) is 6.79 Å². The minimum Gasteiger partial charge on any atom is -0.454 e. The molecule has 1 aromatic heterocycles. The van der Waals surface area contributed by atoms with E-state index in [1.807, 2.05) is 18.2 Å². The molecule has 1 amide bonds. The summed E-state index contributed by atoms with van der Waals surface area (Å²) in [6.45, 7) is 0.555. The van der Waals surface area contributed by atoms with Crippen molar-refractivity contribution >= 4 is 16.8 Å². The van der Waals surface area contributed by atoms with Gasteiger partial charge < -0.3 is 19.8 Å². The molecule has 4 rings (SSSR count). The van der Waals surface area contributed by atoms with Crippen molar-refractivity contribution in [2.24, 2.45) is 0 Å². The van der Waals surface area contributed by atoms with Crippen LogP contribution in [0.5, 0.6) is 11.5 Å². The smallest absolute Gasteiger partial charge is 0.267 e. The Hall–Kier alpha value is -3.02. The number of ether oxygens (including phenoxy) is 2. The number of carbonyl (C=O) groups excluding carboxylic acids is 1. The summed E-state index contributed by atoms with van der Waals surface area (Å²) in [6, 6.07) is 11.8. The Morgan fingerprint density at radius 3 is 2.91 bits per heavy atom. The fourth-order valence-corrected chi connectivity index (χ4v) is 2.57. The van der Waals surface area contributed by atoms with E-state index >= 15 is 0 Å². The summed E-state index contributed by atoms with van der Waals surface area (Å²) < 4.78 is 24.2. The number of halogens is 1. The van der Waals surface area contributed by atoms with Crippen LogP contribution in [0.15, 0.2) is 42.5 Å². The van der Waals surface area contributed by atoms with Crippen molar-refractivity contribution in [3.8, 4) is 11.5 Å². The van der Waals surface area contributed by atoms with Gasteiger partial charge in [-0.15, -0.1) is 0 Å². The molecule has 0 atom stereocenters. The molecule has 6 heteroatoms. The van der Waals surface area contributed by atoms with Crippen LogP contribution in [0.3, 0.4) is 0 Å². The van der Waals surface area contributed by atoms with Crippen LogP contribution in [-0.4, -0.2) is 17.7 Å². The number of H-pyrrole nitrogens is 1. The average Bonchev–Trinajstić information content (AvgIpc) is 3.19. The molecule has 0 spiro atoms. The summed E-state index contributed by atoms with van der Waals surface area (Å²) in [5.41, 5.74) is 1.55. The summed E-state index contributed by atoms with van der Waals surface area (Å²) in [4.78, 5) is 15.0. The maximum absolute atomic E-state index is 13.7. The van der Waals surface area contributed by atoms with Gasteiger partial charge in [0.15, 0.2) is 11.5 Å². The Morgan fingerprint density at radius 1 is 1.17 bits per heavy atom. The first-order valence-electron chi connectivity index (χ1n) is 7.15. The maximum atomic E-state index is 13.7. The van der Waals surface area contributed by atoms with E-state index in [1.165, 1.54) is 6.07 Å². The number of hydrogen-bond acceptors (Lipinski definition) is 3. The van der Waals surface area contributed by atoms with Crippen LogP contribution in [0.1, 0.15) is 16.1 Å². The van der Waals surface area contributed by atoms with Crippen LogP contribution >= 0.6 is 0 Å². The zero-order valence-electron chi connectivity index (χ0n) is 12.1. The lowest BCUT2D eigenvalue weighted by atomic mass is 10.2. The SMILES string of the molecule is O=C(NCc1ccc2c(c1)OCO2)c1cc2cccc(F)c2[nH]1. The lowest BCUT2D eigenvalue weighted by Gasteiger charge is -2.05. The second-order valence-electron chi connectivity index (χ2n) is 5.26. The Bertz CT molecular complexity index is 904. The van der Waals surface area contributed by atoms with Gasteiger partial charge in [-0.05, 0) is 29.8 Å². The topological polar surface area (TPSA) is 63.4 Å². The second-order valence-corrected chi connectivity index (χ2v) is 5.26. The fraction of sp³-hybridized carbons (Fsp3) is 0.118. The molecule has 2 aromatic carbocycles. The third-order valence-corrected chi connectivity index (χ3v) is 3.74. The van der Waals surface area contributed by atoms with Crippen LogP contribution in [0, 0.1) is 5.82 Å². The van der Waals surface area contributed by atoms with Gasteiger partial charge in [0.2, 0.25) is 6.79 Å². The first-order valence-corrected chi connectivity index (χ1v) is 7.15.